The summed E-state index contributed by atoms with van der Waals surface area (Å²) in [5.74, 6) is 1.53. The number of nitrogens with zero attached hydrogens (tertiary/aromatic N) is 4. The third kappa shape index (κ3) is 2.88. The Bertz CT molecular complexity index is 1230. The van der Waals surface area contributed by atoms with Crippen LogP contribution in [0, 0.1) is 0 Å². The van der Waals surface area contributed by atoms with E-state index < -0.39 is 0 Å². The van der Waals surface area contributed by atoms with Crippen LogP contribution in [0.15, 0.2) is 67.1 Å². The maximum absolute atomic E-state index is 5.69. The van der Waals surface area contributed by atoms with E-state index in [0.29, 0.717) is 6.67 Å². The lowest BCUT2D eigenvalue weighted by molar-refractivity contribution is 0.395. The molecule has 0 saturated heterocycles. The van der Waals surface area contributed by atoms with Crippen molar-refractivity contribution < 1.29 is 9.47 Å². The Hall–Kier alpha value is -3.80. The zero-order chi connectivity index (χ0) is 20.7. The number of rotatable bonds is 4. The number of hydrogen-bond donors (Lipinski definition) is 0. The Kier molecular flexibility index (Phi) is 4.39. The van der Waals surface area contributed by atoms with Crippen molar-refractivity contribution in [1.29, 1.82) is 0 Å². The minimum Gasteiger partial charge on any atom is -0.497 e. The van der Waals surface area contributed by atoms with Gasteiger partial charge in [0, 0.05) is 36.5 Å². The fourth-order valence-electron chi connectivity index (χ4n) is 4.01. The molecule has 6 heteroatoms. The second kappa shape index (κ2) is 7.22. The summed E-state index contributed by atoms with van der Waals surface area (Å²) < 4.78 is 11.1. The van der Waals surface area contributed by atoms with Crippen LogP contribution in [0.25, 0.3) is 22.0 Å². The first kappa shape index (κ1) is 18.2. The van der Waals surface area contributed by atoms with Crippen LogP contribution in [0.5, 0.6) is 11.5 Å². The Morgan fingerprint density at radius 2 is 1.80 bits per heavy atom. The van der Waals surface area contributed by atoms with Gasteiger partial charge in [0.2, 0.25) is 0 Å². The van der Waals surface area contributed by atoms with Crippen molar-refractivity contribution in [1.82, 2.24) is 9.97 Å². The number of hydrogen-bond acceptors (Lipinski definition) is 6. The lowest BCUT2D eigenvalue weighted by Crippen LogP contribution is -2.24. The minimum atomic E-state index is 0.704. The van der Waals surface area contributed by atoms with Gasteiger partial charge in [-0.05, 0) is 35.9 Å². The van der Waals surface area contributed by atoms with Crippen molar-refractivity contribution in [2.45, 2.75) is 0 Å². The highest BCUT2D eigenvalue weighted by molar-refractivity contribution is 6.04. The highest BCUT2D eigenvalue weighted by Crippen LogP contribution is 2.47. The highest BCUT2D eigenvalue weighted by atomic mass is 16.5. The molecule has 4 aromatic rings. The van der Waals surface area contributed by atoms with Crippen molar-refractivity contribution in [3.05, 3.63) is 67.1 Å². The molecular weight excluding hydrogens is 376 g/mol. The second-order valence-electron chi connectivity index (χ2n) is 7.27. The van der Waals surface area contributed by atoms with Crippen molar-refractivity contribution in [3.8, 4) is 22.6 Å². The number of anilines is 3. The van der Waals surface area contributed by atoms with E-state index >= 15 is 0 Å². The summed E-state index contributed by atoms with van der Waals surface area (Å²) in [7, 11) is 5.42. The van der Waals surface area contributed by atoms with Crippen molar-refractivity contribution in [3.63, 3.8) is 0 Å². The molecule has 3 heterocycles. The number of methoxy groups -OCH3 is 2. The first-order valence-electron chi connectivity index (χ1n) is 9.73. The average Bonchev–Trinajstić information content (AvgIpc) is 3.15. The largest absolute Gasteiger partial charge is 0.497 e. The quantitative estimate of drug-likeness (QED) is 0.489. The Morgan fingerprint density at radius 1 is 0.900 bits per heavy atom. The van der Waals surface area contributed by atoms with Crippen LogP contribution in [-0.2, 0) is 0 Å². The van der Waals surface area contributed by atoms with Gasteiger partial charge in [0.25, 0.3) is 0 Å². The standard InChI is InChI=1S/C24H22N4O2/c1-27-15-28(21-9-7-18(29-2)12-23(21)30-3)24-19-11-16(17-5-4-10-25-13-17)6-8-20(19)26-14-22(24)27/h4-14H,15H2,1-3H3. The normalized spacial score (nSPS) is 12.9. The molecule has 0 bridgehead atoms. The minimum absolute atomic E-state index is 0.704. The molecule has 0 atom stereocenters. The van der Waals surface area contributed by atoms with Crippen molar-refractivity contribution in [2.24, 2.45) is 0 Å². The Morgan fingerprint density at radius 3 is 2.57 bits per heavy atom. The molecule has 0 aliphatic carbocycles. The summed E-state index contributed by atoms with van der Waals surface area (Å²) in [4.78, 5) is 13.4. The van der Waals surface area contributed by atoms with Crippen LogP contribution in [0.3, 0.4) is 0 Å². The van der Waals surface area contributed by atoms with E-state index in [4.69, 9.17) is 14.5 Å². The van der Waals surface area contributed by atoms with Crippen LogP contribution < -0.4 is 19.3 Å². The first-order valence-corrected chi connectivity index (χ1v) is 9.73. The van der Waals surface area contributed by atoms with Gasteiger partial charge >= 0.3 is 0 Å². The SMILES string of the molecule is COc1ccc(N2CN(C)c3cnc4ccc(-c5cccnc5)cc4c32)c(OC)c1. The third-order valence-electron chi connectivity index (χ3n) is 5.53. The van der Waals surface area contributed by atoms with E-state index in [1.807, 2.05) is 36.7 Å². The Labute approximate surface area is 175 Å². The molecule has 30 heavy (non-hydrogen) atoms. The van der Waals surface area contributed by atoms with E-state index in [0.717, 1.165) is 50.6 Å². The summed E-state index contributed by atoms with van der Waals surface area (Å²) >= 11 is 0. The van der Waals surface area contributed by atoms with Gasteiger partial charge in [-0.3, -0.25) is 9.97 Å². The van der Waals surface area contributed by atoms with Gasteiger partial charge in [-0.15, -0.1) is 0 Å². The third-order valence-corrected chi connectivity index (χ3v) is 5.53. The number of benzene rings is 2. The fourth-order valence-corrected chi connectivity index (χ4v) is 4.01. The van der Waals surface area contributed by atoms with E-state index in [1.54, 1.807) is 20.4 Å². The van der Waals surface area contributed by atoms with Crippen LogP contribution in [-0.4, -0.2) is 37.9 Å². The molecule has 2 aromatic carbocycles. The molecule has 5 rings (SSSR count). The smallest absolute Gasteiger partial charge is 0.146 e. The Balaban J connectivity index is 1.72. The van der Waals surface area contributed by atoms with Gasteiger partial charge in [0.15, 0.2) is 0 Å². The summed E-state index contributed by atoms with van der Waals surface area (Å²) in [6, 6.07) is 16.3. The summed E-state index contributed by atoms with van der Waals surface area (Å²) in [6.07, 6.45) is 5.61. The predicted octanol–water partition coefficient (Wildman–Crippen LogP) is 4.86. The first-order chi connectivity index (χ1) is 14.7. The molecule has 150 valence electrons. The number of pyridine rings is 2. The summed E-state index contributed by atoms with van der Waals surface area (Å²) in [6.45, 7) is 0.704. The molecule has 2 aromatic heterocycles. The van der Waals surface area contributed by atoms with E-state index in [-0.39, 0.29) is 0 Å². The maximum atomic E-state index is 5.69. The highest BCUT2D eigenvalue weighted by Gasteiger charge is 2.29. The maximum Gasteiger partial charge on any atom is 0.146 e. The number of ether oxygens (including phenoxy) is 2. The molecule has 0 radical (unpaired) electrons. The van der Waals surface area contributed by atoms with E-state index in [9.17, 15) is 0 Å². The molecule has 0 spiro atoms. The number of aromatic nitrogens is 2. The zero-order valence-corrected chi connectivity index (χ0v) is 17.2. The molecule has 6 nitrogen and oxygen atoms in total. The topological polar surface area (TPSA) is 50.7 Å². The lowest BCUT2D eigenvalue weighted by atomic mass is 10.0. The number of fused-ring (bicyclic) bond motifs is 3. The molecule has 0 N–H and O–H groups in total. The van der Waals surface area contributed by atoms with Gasteiger partial charge in [-0.25, -0.2) is 0 Å². The van der Waals surface area contributed by atoms with Crippen LogP contribution in [0.1, 0.15) is 0 Å². The van der Waals surface area contributed by atoms with Crippen LogP contribution >= 0.6 is 0 Å². The molecule has 0 unspecified atom stereocenters. The predicted molar refractivity (Wildman–Crippen MR) is 120 cm³/mol. The van der Waals surface area contributed by atoms with E-state index in [2.05, 4.69) is 46.1 Å². The van der Waals surface area contributed by atoms with Crippen LogP contribution in [0.4, 0.5) is 17.1 Å². The van der Waals surface area contributed by atoms with E-state index in [1.165, 1.54) is 0 Å². The molecule has 0 saturated carbocycles. The van der Waals surface area contributed by atoms with Crippen molar-refractivity contribution in [2.75, 3.05) is 37.7 Å². The van der Waals surface area contributed by atoms with Gasteiger partial charge in [-0.1, -0.05) is 12.1 Å². The molecule has 0 amide bonds. The molecule has 0 fully saturated rings. The monoisotopic (exact) mass is 398 g/mol. The van der Waals surface area contributed by atoms with Gasteiger partial charge < -0.3 is 19.3 Å². The molecule has 1 aliphatic heterocycles. The van der Waals surface area contributed by atoms with Crippen molar-refractivity contribution >= 4 is 28.0 Å². The van der Waals surface area contributed by atoms with Gasteiger partial charge in [0.05, 0.1) is 49.7 Å². The summed E-state index contributed by atoms with van der Waals surface area (Å²) in [5.41, 5.74) is 6.34. The lowest BCUT2D eigenvalue weighted by Gasteiger charge is -2.23. The second-order valence-corrected chi connectivity index (χ2v) is 7.27. The summed E-state index contributed by atoms with van der Waals surface area (Å²) in [5, 5.41) is 1.09. The molecular formula is C24H22N4O2. The van der Waals surface area contributed by atoms with Gasteiger partial charge in [0.1, 0.15) is 11.5 Å². The fraction of sp³-hybridized carbons (Fsp3) is 0.167. The average molecular weight is 398 g/mol. The molecule has 1 aliphatic rings. The van der Waals surface area contributed by atoms with Crippen LogP contribution in [0.2, 0.25) is 0 Å². The zero-order valence-electron chi connectivity index (χ0n) is 17.2. The van der Waals surface area contributed by atoms with Gasteiger partial charge in [-0.2, -0.15) is 0 Å².